The van der Waals surface area contributed by atoms with E-state index in [9.17, 15) is 0 Å². The Balaban J connectivity index is 1.99. The first-order valence-electron chi connectivity index (χ1n) is 7.61. The normalized spacial score (nSPS) is 11.9. The van der Waals surface area contributed by atoms with Gasteiger partial charge in [-0.1, -0.05) is 18.2 Å². The van der Waals surface area contributed by atoms with Crippen LogP contribution in [0.3, 0.4) is 0 Å². The Kier molecular flexibility index (Phi) is 6.55. The predicted octanol–water partition coefficient (Wildman–Crippen LogP) is 2.76. The van der Waals surface area contributed by atoms with E-state index in [0.717, 1.165) is 23.4 Å². The lowest BCUT2D eigenvalue weighted by Crippen LogP contribution is -2.39. The van der Waals surface area contributed by atoms with Crippen LogP contribution in [-0.2, 0) is 13.1 Å². The van der Waals surface area contributed by atoms with E-state index in [2.05, 4.69) is 21.5 Å². The third kappa shape index (κ3) is 5.70. The molecule has 2 aromatic rings. The molecule has 0 saturated heterocycles. The molecule has 0 amide bonds. The molecular weight excluding hydrogens is 288 g/mol. The number of nitriles is 1. The fraction of sp³-hybridized carbons (Fsp3) is 0.333. The molecule has 1 N–H and O–H groups in total. The topological polar surface area (TPSA) is 61.2 Å². The van der Waals surface area contributed by atoms with Gasteiger partial charge in [-0.3, -0.25) is 10.4 Å². The first-order chi connectivity index (χ1) is 11.2. The number of hydrazine groups is 1. The molecule has 0 radical (unpaired) electrons. The predicted molar refractivity (Wildman–Crippen MR) is 89.3 cm³/mol. The van der Waals surface area contributed by atoms with Gasteiger partial charge >= 0.3 is 0 Å². The number of pyridine rings is 1. The number of hydrogen-bond acceptors (Lipinski definition) is 5. The Bertz CT molecular complexity index is 622. The van der Waals surface area contributed by atoms with Crippen molar-refractivity contribution in [2.45, 2.75) is 20.0 Å². The van der Waals surface area contributed by atoms with E-state index in [4.69, 9.17) is 10.00 Å². The first-order valence-corrected chi connectivity index (χ1v) is 7.61. The number of benzene rings is 1. The number of nitrogens with one attached hydrogen (secondary N) is 1. The summed E-state index contributed by atoms with van der Waals surface area (Å²) in [6, 6.07) is 14.2. The smallest absolute Gasteiger partial charge is 0.118 e. The van der Waals surface area contributed by atoms with Crippen molar-refractivity contribution in [2.24, 2.45) is 5.92 Å². The van der Waals surface area contributed by atoms with Crippen LogP contribution in [0.2, 0.25) is 0 Å². The summed E-state index contributed by atoms with van der Waals surface area (Å²) in [4.78, 5) is 4.12. The number of nitrogens with zero attached hydrogens (tertiary/aromatic N) is 3. The number of rotatable bonds is 8. The number of hydrogen-bond donors (Lipinski definition) is 1. The van der Waals surface area contributed by atoms with Crippen molar-refractivity contribution in [2.75, 3.05) is 13.7 Å². The van der Waals surface area contributed by atoms with Gasteiger partial charge in [0.1, 0.15) is 5.75 Å². The van der Waals surface area contributed by atoms with Gasteiger partial charge in [0.05, 0.1) is 19.1 Å². The maximum Gasteiger partial charge on any atom is 0.118 e. The molecule has 5 nitrogen and oxygen atoms in total. The van der Waals surface area contributed by atoms with Gasteiger partial charge in [0.25, 0.3) is 0 Å². The molecule has 0 aliphatic heterocycles. The number of ether oxygens (including phenoxy) is 1. The first kappa shape index (κ1) is 16.9. The Morgan fingerprint density at radius 3 is 2.65 bits per heavy atom. The molecule has 1 heterocycles. The highest BCUT2D eigenvalue weighted by molar-refractivity contribution is 5.27. The second-order valence-corrected chi connectivity index (χ2v) is 5.45. The number of aromatic nitrogens is 1. The average molecular weight is 310 g/mol. The highest BCUT2D eigenvalue weighted by Gasteiger charge is 2.10. The molecule has 0 fully saturated rings. The highest BCUT2D eigenvalue weighted by Crippen LogP contribution is 2.13. The van der Waals surface area contributed by atoms with E-state index in [0.29, 0.717) is 13.1 Å². The van der Waals surface area contributed by atoms with Crippen LogP contribution >= 0.6 is 0 Å². The summed E-state index contributed by atoms with van der Waals surface area (Å²) in [6.45, 7) is 3.98. The Morgan fingerprint density at radius 1 is 1.26 bits per heavy atom. The van der Waals surface area contributed by atoms with E-state index in [1.165, 1.54) is 0 Å². The zero-order valence-corrected chi connectivity index (χ0v) is 13.6. The minimum Gasteiger partial charge on any atom is -0.497 e. The van der Waals surface area contributed by atoms with Crippen molar-refractivity contribution >= 4 is 0 Å². The van der Waals surface area contributed by atoms with Crippen molar-refractivity contribution in [1.29, 1.82) is 5.26 Å². The molecule has 0 bridgehead atoms. The molecule has 5 heteroatoms. The highest BCUT2D eigenvalue weighted by atomic mass is 16.5. The van der Waals surface area contributed by atoms with E-state index < -0.39 is 0 Å². The zero-order chi connectivity index (χ0) is 16.5. The lowest BCUT2D eigenvalue weighted by Gasteiger charge is -2.24. The van der Waals surface area contributed by atoms with Gasteiger partial charge < -0.3 is 4.74 Å². The molecule has 0 aliphatic carbocycles. The van der Waals surface area contributed by atoms with E-state index in [1.807, 2.05) is 49.5 Å². The summed E-state index contributed by atoms with van der Waals surface area (Å²) >= 11 is 0. The van der Waals surface area contributed by atoms with Gasteiger partial charge in [-0.15, -0.1) is 0 Å². The Morgan fingerprint density at radius 2 is 2.04 bits per heavy atom. The quantitative estimate of drug-likeness (QED) is 0.760. The van der Waals surface area contributed by atoms with E-state index >= 15 is 0 Å². The van der Waals surface area contributed by atoms with Gasteiger partial charge in [-0.2, -0.15) is 5.26 Å². The van der Waals surface area contributed by atoms with Crippen LogP contribution in [0, 0.1) is 17.2 Å². The summed E-state index contributed by atoms with van der Waals surface area (Å²) in [5.74, 6) is 0.795. The van der Waals surface area contributed by atoms with Gasteiger partial charge in [0.2, 0.25) is 0 Å². The molecule has 120 valence electrons. The molecule has 1 unspecified atom stereocenters. The molecule has 1 atom stereocenters. The van der Waals surface area contributed by atoms with Crippen molar-refractivity contribution < 1.29 is 4.74 Å². The maximum absolute atomic E-state index is 9.07. The van der Waals surface area contributed by atoms with Gasteiger partial charge in [0.15, 0.2) is 0 Å². The van der Waals surface area contributed by atoms with Gasteiger partial charge in [-0.25, -0.2) is 5.01 Å². The fourth-order valence-corrected chi connectivity index (χ4v) is 2.21. The van der Waals surface area contributed by atoms with Crippen LogP contribution in [0.15, 0.2) is 48.8 Å². The monoisotopic (exact) mass is 310 g/mol. The van der Waals surface area contributed by atoms with Crippen LogP contribution in [0.4, 0.5) is 0 Å². The molecule has 2 rings (SSSR count). The van der Waals surface area contributed by atoms with Crippen molar-refractivity contribution in [1.82, 2.24) is 15.4 Å². The molecule has 1 aromatic carbocycles. The number of methoxy groups -OCH3 is 1. The summed E-state index contributed by atoms with van der Waals surface area (Å²) in [7, 11) is 1.66. The van der Waals surface area contributed by atoms with Crippen molar-refractivity contribution in [3.63, 3.8) is 0 Å². The largest absolute Gasteiger partial charge is 0.497 e. The molecule has 0 spiro atoms. The lowest BCUT2D eigenvalue weighted by molar-refractivity contribution is 0.161. The van der Waals surface area contributed by atoms with Crippen LogP contribution < -0.4 is 10.2 Å². The van der Waals surface area contributed by atoms with E-state index in [1.54, 1.807) is 13.3 Å². The SMILES string of the molecule is COc1ccc(CN(CC(C)C#N)NCc2cccnc2)cc1. The standard InChI is InChI=1S/C18H22N4O/c1-15(10-19)13-22(21-12-17-4-3-9-20-11-17)14-16-5-7-18(23-2)8-6-16/h3-9,11,15,21H,12-14H2,1-2H3. The minimum absolute atomic E-state index is 0.0466. The molecular formula is C18H22N4O. The molecule has 0 saturated carbocycles. The Hall–Kier alpha value is -2.42. The summed E-state index contributed by atoms with van der Waals surface area (Å²) < 4.78 is 5.18. The van der Waals surface area contributed by atoms with Crippen LogP contribution in [0.5, 0.6) is 5.75 Å². The van der Waals surface area contributed by atoms with Gasteiger partial charge in [-0.05, 0) is 36.2 Å². The second-order valence-electron chi connectivity index (χ2n) is 5.45. The van der Waals surface area contributed by atoms with Crippen LogP contribution in [0.25, 0.3) is 0 Å². The average Bonchev–Trinajstić information content (AvgIpc) is 2.61. The Labute approximate surface area is 137 Å². The summed E-state index contributed by atoms with van der Waals surface area (Å²) in [6.07, 6.45) is 3.60. The van der Waals surface area contributed by atoms with E-state index in [-0.39, 0.29) is 5.92 Å². The third-order valence-corrected chi connectivity index (χ3v) is 3.48. The molecule has 23 heavy (non-hydrogen) atoms. The van der Waals surface area contributed by atoms with Crippen molar-refractivity contribution in [3.05, 3.63) is 59.9 Å². The second kappa shape index (κ2) is 8.89. The zero-order valence-electron chi connectivity index (χ0n) is 13.6. The van der Waals surface area contributed by atoms with Crippen molar-refractivity contribution in [3.8, 4) is 11.8 Å². The minimum atomic E-state index is -0.0466. The molecule has 0 aliphatic rings. The summed E-state index contributed by atoms with van der Waals surface area (Å²) in [5, 5.41) is 11.1. The third-order valence-electron chi connectivity index (χ3n) is 3.48. The molecule has 1 aromatic heterocycles. The fourth-order valence-electron chi connectivity index (χ4n) is 2.21. The van der Waals surface area contributed by atoms with Crippen LogP contribution in [0.1, 0.15) is 18.1 Å². The lowest BCUT2D eigenvalue weighted by atomic mass is 10.1. The van der Waals surface area contributed by atoms with Gasteiger partial charge in [0, 0.05) is 32.0 Å². The summed E-state index contributed by atoms with van der Waals surface area (Å²) in [5.41, 5.74) is 5.66. The maximum atomic E-state index is 9.07. The van der Waals surface area contributed by atoms with Crippen LogP contribution in [-0.4, -0.2) is 23.6 Å².